The van der Waals surface area contributed by atoms with E-state index in [1.54, 1.807) is 0 Å². The lowest BCUT2D eigenvalue weighted by Crippen LogP contribution is -2.26. The summed E-state index contributed by atoms with van der Waals surface area (Å²) in [6.07, 6.45) is -4.64. The molecule has 0 unspecified atom stereocenters. The number of nitrogens with two attached hydrogens (primary N) is 1. The fraction of sp³-hybridized carbons (Fsp3) is 0.100. The maximum Gasteiger partial charge on any atom is 0.423 e. The standard InChI is InChI=1S/C10H7Cl2F3N2O/c11-5-1-6(12)3-7(2-5)17-9(18)8(4-16)10(13,14)15/h1-4H,16H2,(H,17,18)/b8-4+. The van der Waals surface area contributed by atoms with Gasteiger partial charge in [-0.3, -0.25) is 4.79 Å². The molecule has 1 aromatic carbocycles. The van der Waals surface area contributed by atoms with E-state index in [-0.39, 0.29) is 21.9 Å². The number of benzene rings is 1. The van der Waals surface area contributed by atoms with Gasteiger partial charge in [-0.2, -0.15) is 13.2 Å². The van der Waals surface area contributed by atoms with Crippen molar-refractivity contribution in [2.75, 3.05) is 5.32 Å². The Morgan fingerprint density at radius 2 is 1.72 bits per heavy atom. The number of anilines is 1. The minimum absolute atomic E-state index is 0.0427. The predicted molar refractivity (Wildman–Crippen MR) is 63.4 cm³/mol. The summed E-state index contributed by atoms with van der Waals surface area (Å²) in [5, 5.41) is 2.37. The molecule has 0 atom stereocenters. The summed E-state index contributed by atoms with van der Waals surface area (Å²) in [6, 6.07) is 3.90. The van der Waals surface area contributed by atoms with E-state index in [0.717, 1.165) is 0 Å². The third kappa shape index (κ3) is 3.82. The van der Waals surface area contributed by atoms with Crippen LogP contribution in [0.25, 0.3) is 0 Å². The fourth-order valence-electron chi connectivity index (χ4n) is 1.12. The van der Waals surface area contributed by atoms with Crippen molar-refractivity contribution in [2.24, 2.45) is 5.73 Å². The first-order valence-corrected chi connectivity index (χ1v) is 5.26. The highest BCUT2D eigenvalue weighted by atomic mass is 35.5. The van der Waals surface area contributed by atoms with Crippen molar-refractivity contribution >= 4 is 34.8 Å². The highest BCUT2D eigenvalue weighted by Gasteiger charge is 2.38. The van der Waals surface area contributed by atoms with Crippen LogP contribution in [0.2, 0.25) is 10.0 Å². The highest BCUT2D eigenvalue weighted by molar-refractivity contribution is 6.35. The second-order valence-electron chi connectivity index (χ2n) is 3.19. The number of amides is 1. The van der Waals surface area contributed by atoms with Crippen LogP contribution in [0.5, 0.6) is 0 Å². The molecule has 0 spiro atoms. The molecule has 0 aromatic heterocycles. The number of carbonyl (C=O) groups excluding carboxylic acids is 1. The third-order valence-electron chi connectivity index (χ3n) is 1.84. The number of alkyl halides is 3. The van der Waals surface area contributed by atoms with E-state index < -0.39 is 17.7 Å². The van der Waals surface area contributed by atoms with Crippen molar-refractivity contribution in [3.8, 4) is 0 Å². The van der Waals surface area contributed by atoms with E-state index in [1.165, 1.54) is 18.2 Å². The zero-order valence-electron chi connectivity index (χ0n) is 8.68. The Bertz CT molecular complexity index is 480. The summed E-state index contributed by atoms with van der Waals surface area (Å²) >= 11 is 11.3. The van der Waals surface area contributed by atoms with E-state index >= 15 is 0 Å². The summed E-state index contributed by atoms with van der Waals surface area (Å²) in [4.78, 5) is 11.3. The largest absolute Gasteiger partial charge is 0.423 e. The maximum absolute atomic E-state index is 12.4. The van der Waals surface area contributed by atoms with Gasteiger partial charge in [-0.15, -0.1) is 0 Å². The molecule has 0 aliphatic heterocycles. The van der Waals surface area contributed by atoms with Gasteiger partial charge in [0.25, 0.3) is 5.91 Å². The maximum atomic E-state index is 12.4. The Hall–Kier alpha value is -1.40. The van der Waals surface area contributed by atoms with Gasteiger partial charge in [0, 0.05) is 21.9 Å². The first kappa shape index (κ1) is 14.7. The third-order valence-corrected chi connectivity index (χ3v) is 2.27. The van der Waals surface area contributed by atoms with E-state index in [4.69, 9.17) is 28.9 Å². The molecule has 0 fully saturated rings. The Morgan fingerprint density at radius 1 is 1.22 bits per heavy atom. The SMILES string of the molecule is N/C=C(\C(=O)Nc1cc(Cl)cc(Cl)c1)C(F)(F)F. The van der Waals surface area contributed by atoms with Crippen LogP contribution in [-0.4, -0.2) is 12.1 Å². The van der Waals surface area contributed by atoms with Gasteiger partial charge in [0.1, 0.15) is 5.57 Å². The van der Waals surface area contributed by atoms with Gasteiger partial charge in [-0.05, 0) is 18.2 Å². The molecular weight excluding hydrogens is 292 g/mol. The molecule has 0 aliphatic carbocycles. The Kier molecular flexibility index (Phi) is 4.48. The molecule has 0 heterocycles. The molecule has 1 aromatic rings. The van der Waals surface area contributed by atoms with Crippen LogP contribution in [0.1, 0.15) is 0 Å². The molecule has 18 heavy (non-hydrogen) atoms. The summed E-state index contributed by atoms with van der Waals surface area (Å²) in [5.41, 5.74) is 3.32. The average molecular weight is 299 g/mol. The molecule has 0 radical (unpaired) electrons. The minimum Gasteiger partial charge on any atom is -0.404 e. The van der Waals surface area contributed by atoms with Crippen molar-refractivity contribution in [1.82, 2.24) is 0 Å². The molecule has 3 N–H and O–H groups in total. The second kappa shape index (κ2) is 5.49. The normalized spacial score (nSPS) is 12.4. The first-order chi connectivity index (χ1) is 8.24. The van der Waals surface area contributed by atoms with Crippen LogP contribution < -0.4 is 11.1 Å². The van der Waals surface area contributed by atoms with Crippen LogP contribution in [-0.2, 0) is 4.79 Å². The molecule has 0 bridgehead atoms. The van der Waals surface area contributed by atoms with Gasteiger partial charge in [0.15, 0.2) is 0 Å². The average Bonchev–Trinajstić information content (AvgIpc) is 2.13. The molecule has 8 heteroatoms. The molecular formula is C10H7Cl2F3N2O. The first-order valence-electron chi connectivity index (χ1n) is 4.50. The highest BCUT2D eigenvalue weighted by Crippen LogP contribution is 2.27. The molecule has 1 rings (SSSR count). The van der Waals surface area contributed by atoms with E-state index in [2.05, 4.69) is 0 Å². The quantitative estimate of drug-likeness (QED) is 0.823. The topological polar surface area (TPSA) is 55.1 Å². The Morgan fingerprint density at radius 3 is 2.11 bits per heavy atom. The van der Waals surface area contributed by atoms with Crippen molar-refractivity contribution < 1.29 is 18.0 Å². The van der Waals surface area contributed by atoms with Crippen molar-refractivity contribution in [3.63, 3.8) is 0 Å². The van der Waals surface area contributed by atoms with Crippen LogP contribution in [0.15, 0.2) is 30.0 Å². The van der Waals surface area contributed by atoms with E-state index in [0.29, 0.717) is 0 Å². The zero-order valence-corrected chi connectivity index (χ0v) is 10.2. The van der Waals surface area contributed by atoms with Crippen molar-refractivity contribution in [2.45, 2.75) is 6.18 Å². The van der Waals surface area contributed by atoms with Crippen LogP contribution in [0, 0.1) is 0 Å². The molecule has 98 valence electrons. The molecule has 3 nitrogen and oxygen atoms in total. The van der Waals surface area contributed by atoms with Gasteiger partial charge in [-0.1, -0.05) is 23.2 Å². The second-order valence-corrected chi connectivity index (χ2v) is 4.06. The summed E-state index contributed by atoms with van der Waals surface area (Å²) in [6.45, 7) is 0. The molecule has 0 saturated carbocycles. The number of hydrogen-bond donors (Lipinski definition) is 2. The number of nitrogens with one attached hydrogen (secondary N) is 1. The number of carbonyl (C=O) groups is 1. The Labute approximate surface area is 110 Å². The Balaban J connectivity index is 2.94. The number of hydrogen-bond acceptors (Lipinski definition) is 2. The predicted octanol–water partition coefficient (Wildman–Crippen LogP) is 3.34. The monoisotopic (exact) mass is 298 g/mol. The van der Waals surface area contributed by atoms with Gasteiger partial charge < -0.3 is 11.1 Å². The summed E-state index contributed by atoms with van der Waals surface area (Å²) in [7, 11) is 0. The van der Waals surface area contributed by atoms with Crippen molar-refractivity contribution in [1.29, 1.82) is 0 Å². The minimum atomic E-state index is -4.83. The van der Waals surface area contributed by atoms with Gasteiger partial charge in [-0.25, -0.2) is 0 Å². The summed E-state index contributed by atoms with van der Waals surface area (Å²) < 4.78 is 37.1. The number of rotatable bonds is 2. The molecule has 0 aliphatic rings. The number of halogens is 5. The smallest absolute Gasteiger partial charge is 0.404 e. The fourth-order valence-corrected chi connectivity index (χ4v) is 1.65. The van der Waals surface area contributed by atoms with Crippen LogP contribution in [0.3, 0.4) is 0 Å². The lowest BCUT2D eigenvalue weighted by molar-refractivity contribution is -0.126. The lowest BCUT2D eigenvalue weighted by Gasteiger charge is -2.11. The van der Waals surface area contributed by atoms with E-state index in [1.807, 2.05) is 5.32 Å². The molecule has 0 saturated heterocycles. The van der Waals surface area contributed by atoms with Crippen LogP contribution >= 0.6 is 23.2 Å². The van der Waals surface area contributed by atoms with Crippen molar-refractivity contribution in [3.05, 3.63) is 40.0 Å². The van der Waals surface area contributed by atoms with Gasteiger partial charge in [0.05, 0.1) is 0 Å². The van der Waals surface area contributed by atoms with Gasteiger partial charge in [0.2, 0.25) is 0 Å². The summed E-state index contributed by atoms with van der Waals surface area (Å²) in [5.74, 6) is -1.39. The van der Waals surface area contributed by atoms with Gasteiger partial charge >= 0.3 is 6.18 Å². The van der Waals surface area contributed by atoms with E-state index in [9.17, 15) is 18.0 Å². The zero-order chi connectivity index (χ0) is 13.9. The van der Waals surface area contributed by atoms with Crippen LogP contribution in [0.4, 0.5) is 18.9 Å². The molecule has 1 amide bonds. The lowest BCUT2D eigenvalue weighted by atomic mass is 10.2.